The van der Waals surface area contributed by atoms with E-state index in [1.165, 1.54) is 0 Å². The van der Waals surface area contributed by atoms with Crippen LogP contribution in [0.4, 0.5) is 0 Å². The summed E-state index contributed by atoms with van der Waals surface area (Å²) >= 11 is 0. The third kappa shape index (κ3) is 4.16. The SMILES string of the molecule is CCC(=O)NC(C)[Si](C)(C)O. The highest BCUT2D eigenvalue weighted by molar-refractivity contribution is 6.71. The zero-order valence-corrected chi connectivity index (χ0v) is 8.64. The van der Waals surface area contributed by atoms with Crippen molar-refractivity contribution in [3.8, 4) is 0 Å². The van der Waals surface area contributed by atoms with E-state index in [2.05, 4.69) is 5.32 Å². The topological polar surface area (TPSA) is 49.3 Å². The summed E-state index contributed by atoms with van der Waals surface area (Å²) in [6.45, 7) is 7.27. The number of hydrogen-bond donors (Lipinski definition) is 2. The maximum Gasteiger partial charge on any atom is 0.219 e. The van der Waals surface area contributed by atoms with Crippen LogP contribution in [-0.2, 0) is 4.79 Å². The second-order valence-electron chi connectivity index (χ2n) is 3.30. The van der Waals surface area contributed by atoms with E-state index in [0.717, 1.165) is 0 Å². The molecule has 1 unspecified atom stereocenters. The molecule has 0 aromatic rings. The highest BCUT2D eigenvalue weighted by atomic mass is 28.4. The Morgan fingerprint density at radius 3 is 2.36 bits per heavy atom. The largest absolute Gasteiger partial charge is 0.430 e. The minimum atomic E-state index is -2.17. The van der Waals surface area contributed by atoms with E-state index in [4.69, 9.17) is 0 Å². The number of rotatable bonds is 3. The molecule has 66 valence electrons. The summed E-state index contributed by atoms with van der Waals surface area (Å²) in [6.07, 6.45) is 0.481. The molecule has 0 aromatic carbocycles. The predicted molar refractivity (Wildman–Crippen MR) is 47.6 cm³/mol. The molecule has 0 aromatic heterocycles. The van der Waals surface area contributed by atoms with Crippen molar-refractivity contribution in [1.29, 1.82) is 0 Å². The monoisotopic (exact) mass is 175 g/mol. The summed E-state index contributed by atoms with van der Waals surface area (Å²) in [7, 11) is -2.17. The average Bonchev–Trinajstić information content (AvgIpc) is 1.85. The Labute approximate surface area is 68.9 Å². The fourth-order valence-corrected chi connectivity index (χ4v) is 1.03. The van der Waals surface area contributed by atoms with Crippen LogP contribution in [0.3, 0.4) is 0 Å². The van der Waals surface area contributed by atoms with Crippen LogP contribution in [0.1, 0.15) is 20.3 Å². The van der Waals surface area contributed by atoms with Crippen LogP contribution in [0.25, 0.3) is 0 Å². The Balaban J connectivity index is 3.87. The lowest BCUT2D eigenvalue weighted by atomic mass is 10.4. The molecule has 0 rings (SSSR count). The quantitative estimate of drug-likeness (QED) is 0.618. The van der Waals surface area contributed by atoms with E-state index in [0.29, 0.717) is 6.42 Å². The van der Waals surface area contributed by atoms with Crippen molar-refractivity contribution in [3.63, 3.8) is 0 Å². The van der Waals surface area contributed by atoms with Gasteiger partial charge in [-0.15, -0.1) is 0 Å². The molecule has 0 fully saturated rings. The Morgan fingerprint density at radius 2 is 2.09 bits per heavy atom. The van der Waals surface area contributed by atoms with Crippen LogP contribution in [0, 0.1) is 0 Å². The van der Waals surface area contributed by atoms with Crippen molar-refractivity contribution in [3.05, 3.63) is 0 Å². The molecule has 0 aliphatic rings. The van der Waals surface area contributed by atoms with Gasteiger partial charge in [-0.3, -0.25) is 4.79 Å². The second kappa shape index (κ2) is 3.87. The first-order valence-electron chi connectivity index (χ1n) is 3.89. The van der Waals surface area contributed by atoms with E-state index >= 15 is 0 Å². The number of carbonyl (C=O) groups excluding carboxylic acids is 1. The first-order valence-corrected chi connectivity index (χ1v) is 6.92. The highest BCUT2D eigenvalue weighted by Crippen LogP contribution is 2.02. The van der Waals surface area contributed by atoms with Crippen LogP contribution < -0.4 is 5.32 Å². The summed E-state index contributed by atoms with van der Waals surface area (Å²) in [5, 5.41) is 2.74. The Hall–Kier alpha value is -0.353. The molecule has 1 amide bonds. The van der Waals surface area contributed by atoms with Gasteiger partial charge in [-0.2, -0.15) is 0 Å². The zero-order valence-electron chi connectivity index (χ0n) is 7.64. The van der Waals surface area contributed by atoms with Gasteiger partial charge < -0.3 is 10.1 Å². The molecular formula is C7H17NO2Si. The van der Waals surface area contributed by atoms with Gasteiger partial charge in [-0.25, -0.2) is 0 Å². The Bertz CT molecular complexity index is 142. The summed E-state index contributed by atoms with van der Waals surface area (Å²) < 4.78 is 0. The van der Waals surface area contributed by atoms with E-state index < -0.39 is 8.32 Å². The molecule has 0 saturated carbocycles. The van der Waals surface area contributed by atoms with Crippen molar-refractivity contribution >= 4 is 14.2 Å². The number of amides is 1. The number of hydrogen-bond acceptors (Lipinski definition) is 2. The van der Waals surface area contributed by atoms with Gasteiger partial charge in [-0.1, -0.05) is 6.92 Å². The zero-order chi connectivity index (χ0) is 9.07. The molecule has 0 aliphatic carbocycles. The normalized spacial score (nSPS) is 14.3. The average molecular weight is 175 g/mol. The molecule has 0 aliphatic heterocycles. The number of nitrogens with one attached hydrogen (secondary N) is 1. The minimum Gasteiger partial charge on any atom is -0.430 e. The summed E-state index contributed by atoms with van der Waals surface area (Å²) in [4.78, 5) is 20.4. The van der Waals surface area contributed by atoms with Crippen molar-refractivity contribution < 1.29 is 9.59 Å². The first-order chi connectivity index (χ1) is 4.88. The second-order valence-corrected chi connectivity index (χ2v) is 7.47. The molecule has 0 spiro atoms. The van der Waals surface area contributed by atoms with Gasteiger partial charge in [0, 0.05) is 12.1 Å². The standard InChI is InChI=1S/C7H17NO2Si/c1-5-7(9)8-6(2)11(3,4)10/h6,10H,5H2,1-4H3,(H,8,9). The van der Waals surface area contributed by atoms with Gasteiger partial charge in [0.1, 0.15) is 0 Å². The van der Waals surface area contributed by atoms with E-state index in [9.17, 15) is 9.59 Å². The Morgan fingerprint density at radius 1 is 1.64 bits per heavy atom. The van der Waals surface area contributed by atoms with Crippen molar-refractivity contribution in [2.45, 2.75) is 39.0 Å². The summed E-state index contributed by atoms with van der Waals surface area (Å²) in [5.74, 6) is 0.00660. The van der Waals surface area contributed by atoms with Crippen LogP contribution in [0.15, 0.2) is 0 Å². The lowest BCUT2D eigenvalue weighted by Gasteiger charge is -2.23. The van der Waals surface area contributed by atoms with Crippen LogP contribution in [0.5, 0.6) is 0 Å². The van der Waals surface area contributed by atoms with Gasteiger partial charge in [0.15, 0.2) is 0 Å². The predicted octanol–water partition coefficient (Wildman–Crippen LogP) is 0.638. The van der Waals surface area contributed by atoms with Crippen LogP contribution in [-0.4, -0.2) is 24.7 Å². The molecule has 0 saturated heterocycles. The highest BCUT2D eigenvalue weighted by Gasteiger charge is 2.26. The van der Waals surface area contributed by atoms with Crippen molar-refractivity contribution in [2.24, 2.45) is 0 Å². The van der Waals surface area contributed by atoms with Crippen molar-refractivity contribution in [2.75, 3.05) is 0 Å². The van der Waals surface area contributed by atoms with Gasteiger partial charge in [0.25, 0.3) is 0 Å². The molecule has 4 heteroatoms. The molecule has 11 heavy (non-hydrogen) atoms. The van der Waals surface area contributed by atoms with E-state index in [-0.39, 0.29) is 11.6 Å². The molecule has 0 radical (unpaired) electrons. The molecule has 0 bridgehead atoms. The van der Waals surface area contributed by atoms with E-state index in [1.54, 1.807) is 6.92 Å². The Kier molecular flexibility index (Phi) is 3.75. The lowest BCUT2D eigenvalue weighted by molar-refractivity contribution is -0.121. The third-order valence-electron chi connectivity index (χ3n) is 1.76. The molecule has 3 nitrogen and oxygen atoms in total. The maximum atomic E-state index is 10.9. The minimum absolute atomic E-state index is 0.00660. The summed E-state index contributed by atoms with van der Waals surface area (Å²) in [6, 6.07) is 0. The van der Waals surface area contributed by atoms with E-state index in [1.807, 2.05) is 20.0 Å². The first kappa shape index (κ1) is 10.6. The summed E-state index contributed by atoms with van der Waals surface area (Å²) in [5.41, 5.74) is -0.0602. The van der Waals surface area contributed by atoms with Gasteiger partial charge in [0.2, 0.25) is 14.2 Å². The van der Waals surface area contributed by atoms with Crippen LogP contribution >= 0.6 is 0 Å². The van der Waals surface area contributed by atoms with Gasteiger partial charge in [-0.05, 0) is 20.0 Å². The lowest BCUT2D eigenvalue weighted by Crippen LogP contribution is -2.51. The smallest absolute Gasteiger partial charge is 0.219 e. The molecule has 1 atom stereocenters. The maximum absolute atomic E-state index is 10.9. The molecular weight excluding hydrogens is 158 g/mol. The van der Waals surface area contributed by atoms with Crippen molar-refractivity contribution in [1.82, 2.24) is 5.32 Å². The molecule has 0 heterocycles. The van der Waals surface area contributed by atoms with Crippen LogP contribution in [0.2, 0.25) is 13.1 Å². The van der Waals surface area contributed by atoms with Gasteiger partial charge in [0.05, 0.1) is 0 Å². The third-order valence-corrected chi connectivity index (χ3v) is 4.02. The van der Waals surface area contributed by atoms with Gasteiger partial charge >= 0.3 is 0 Å². The fraction of sp³-hybridized carbons (Fsp3) is 0.857. The molecule has 2 N–H and O–H groups in total. The number of carbonyl (C=O) groups is 1. The fourth-order valence-electron chi connectivity index (χ4n) is 0.520.